The molecule has 3 heterocycles. The van der Waals surface area contributed by atoms with Gasteiger partial charge in [0, 0.05) is 69.4 Å². The number of piperazine rings is 1. The van der Waals surface area contributed by atoms with Crippen LogP contribution in [0.5, 0.6) is 0 Å². The number of rotatable bonds is 5. The van der Waals surface area contributed by atoms with Crippen LogP contribution < -0.4 is 10.2 Å². The van der Waals surface area contributed by atoms with Gasteiger partial charge in [-0.25, -0.2) is 4.99 Å². The summed E-state index contributed by atoms with van der Waals surface area (Å²) in [6.07, 6.45) is 7.37. The molecule has 0 spiro atoms. The summed E-state index contributed by atoms with van der Waals surface area (Å²) in [6, 6.07) is 10.5. The maximum atomic E-state index is 4.97. The van der Waals surface area contributed by atoms with Gasteiger partial charge in [-0.3, -0.25) is 5.10 Å². The molecule has 1 saturated heterocycles. The molecular formula is C26H36N8. The summed E-state index contributed by atoms with van der Waals surface area (Å²) in [4.78, 5) is 16.7. The molecule has 0 saturated carbocycles. The number of aromatic nitrogens is 2. The standard InChI is InChI=1S/C26H36N8/c1-19-6-13-25(34-16-14-33(5)15-17-34)29-26(28-24-18-20(2)30-31-24)27-23(19)12-9-21-7-10-22(11-8-21)32(3)4/h7-13,18-19H,6,14-17H2,1-5H3,(H2,28,29,30,31)/b12-9+,25-13-,27-23?. The van der Waals surface area contributed by atoms with E-state index in [0.717, 1.165) is 55.4 Å². The lowest BCUT2D eigenvalue weighted by Crippen LogP contribution is -2.43. The van der Waals surface area contributed by atoms with Crippen LogP contribution in [0.15, 0.2) is 58.3 Å². The monoisotopic (exact) mass is 460 g/mol. The van der Waals surface area contributed by atoms with Crippen LogP contribution in [-0.4, -0.2) is 79.0 Å². The van der Waals surface area contributed by atoms with Gasteiger partial charge in [0.2, 0.25) is 5.96 Å². The van der Waals surface area contributed by atoms with E-state index in [1.54, 1.807) is 0 Å². The third-order valence-electron chi connectivity index (χ3n) is 6.24. The fourth-order valence-electron chi connectivity index (χ4n) is 3.97. The Morgan fingerprint density at radius 3 is 2.44 bits per heavy atom. The van der Waals surface area contributed by atoms with Crippen LogP contribution >= 0.6 is 0 Å². The van der Waals surface area contributed by atoms with E-state index >= 15 is 0 Å². The van der Waals surface area contributed by atoms with E-state index in [4.69, 9.17) is 9.98 Å². The Balaban J connectivity index is 1.61. The molecule has 34 heavy (non-hydrogen) atoms. The van der Waals surface area contributed by atoms with Crippen LogP contribution in [0.25, 0.3) is 6.08 Å². The molecule has 0 aliphatic carbocycles. The fraction of sp³-hybridized carbons (Fsp3) is 0.423. The highest BCUT2D eigenvalue weighted by atomic mass is 15.3. The van der Waals surface area contributed by atoms with Crippen LogP contribution in [0.3, 0.4) is 0 Å². The van der Waals surface area contributed by atoms with E-state index < -0.39 is 0 Å². The van der Waals surface area contributed by atoms with Gasteiger partial charge in [-0.15, -0.1) is 0 Å². The van der Waals surface area contributed by atoms with Crippen molar-refractivity contribution in [1.82, 2.24) is 20.0 Å². The number of aliphatic imine (C=N–C) groups is 2. The molecule has 4 rings (SSSR count). The van der Waals surface area contributed by atoms with Crippen molar-refractivity contribution < 1.29 is 0 Å². The molecule has 1 aromatic carbocycles. The second-order valence-electron chi connectivity index (χ2n) is 9.34. The van der Waals surface area contributed by atoms with Crippen molar-refractivity contribution in [3.63, 3.8) is 0 Å². The molecule has 2 aliphatic rings. The van der Waals surface area contributed by atoms with Crippen LogP contribution in [0.4, 0.5) is 11.5 Å². The first-order chi connectivity index (χ1) is 16.4. The number of aryl methyl sites for hydroxylation is 1. The molecule has 0 bridgehead atoms. The Morgan fingerprint density at radius 1 is 1.06 bits per heavy atom. The topological polar surface area (TPSA) is 75.2 Å². The first-order valence-corrected chi connectivity index (χ1v) is 11.9. The van der Waals surface area contributed by atoms with Gasteiger partial charge in [0.1, 0.15) is 5.82 Å². The van der Waals surface area contributed by atoms with Crippen molar-refractivity contribution >= 4 is 29.3 Å². The number of allylic oxidation sites excluding steroid dienone is 2. The number of benzene rings is 1. The quantitative estimate of drug-likeness (QED) is 0.709. The van der Waals surface area contributed by atoms with Gasteiger partial charge < -0.3 is 20.0 Å². The zero-order chi connectivity index (χ0) is 24.1. The Labute approximate surface area is 202 Å². The third kappa shape index (κ3) is 6.14. The minimum atomic E-state index is 0.257. The molecule has 1 fully saturated rings. The molecule has 8 nitrogen and oxygen atoms in total. The van der Waals surface area contributed by atoms with E-state index in [0.29, 0.717) is 11.8 Å². The van der Waals surface area contributed by atoms with Crippen molar-refractivity contribution in [3.8, 4) is 0 Å². The largest absolute Gasteiger partial charge is 0.378 e. The van der Waals surface area contributed by atoms with E-state index in [-0.39, 0.29) is 5.92 Å². The van der Waals surface area contributed by atoms with Gasteiger partial charge in [0.15, 0.2) is 5.82 Å². The lowest BCUT2D eigenvalue weighted by atomic mass is 9.99. The molecule has 1 aromatic heterocycles. The SMILES string of the molecule is Cc1cc(NC2=N/C(N3CCN(C)CC3)=C/CC(C)C(/C=C/c3ccc(N(C)C)cc3)=N2)n[nH]1. The minimum Gasteiger partial charge on any atom is -0.378 e. The molecule has 2 aromatic rings. The minimum absolute atomic E-state index is 0.257. The van der Waals surface area contributed by atoms with Crippen LogP contribution in [0.2, 0.25) is 0 Å². The molecule has 8 heteroatoms. The summed E-state index contributed by atoms with van der Waals surface area (Å²) < 4.78 is 0. The summed E-state index contributed by atoms with van der Waals surface area (Å²) in [6.45, 7) is 8.21. The van der Waals surface area contributed by atoms with Crippen LogP contribution in [0, 0.1) is 12.8 Å². The predicted octanol–water partition coefficient (Wildman–Crippen LogP) is 3.84. The van der Waals surface area contributed by atoms with Crippen molar-refractivity contribution in [1.29, 1.82) is 0 Å². The summed E-state index contributed by atoms with van der Waals surface area (Å²) >= 11 is 0. The molecule has 1 unspecified atom stereocenters. The van der Waals surface area contributed by atoms with Gasteiger partial charge in [-0.05, 0) is 50.2 Å². The van der Waals surface area contributed by atoms with Gasteiger partial charge >= 0.3 is 0 Å². The lowest BCUT2D eigenvalue weighted by Gasteiger charge is -2.34. The number of likely N-dealkylation sites (N-methyl/N-ethyl adjacent to an activating group) is 1. The summed E-state index contributed by atoms with van der Waals surface area (Å²) in [7, 11) is 6.27. The molecule has 2 N–H and O–H groups in total. The lowest BCUT2D eigenvalue weighted by molar-refractivity contribution is 0.184. The zero-order valence-corrected chi connectivity index (χ0v) is 20.9. The number of hydrogen-bond donors (Lipinski definition) is 2. The summed E-state index contributed by atoms with van der Waals surface area (Å²) in [5.74, 6) is 2.52. The highest BCUT2D eigenvalue weighted by Crippen LogP contribution is 2.20. The molecule has 0 amide bonds. The van der Waals surface area contributed by atoms with Gasteiger partial charge in [0.25, 0.3) is 0 Å². The number of anilines is 2. The highest BCUT2D eigenvalue weighted by molar-refractivity contribution is 6.09. The van der Waals surface area contributed by atoms with Crippen molar-refractivity contribution in [2.24, 2.45) is 15.9 Å². The third-order valence-corrected chi connectivity index (χ3v) is 6.24. The Bertz CT molecular complexity index is 1080. The van der Waals surface area contributed by atoms with Gasteiger partial charge in [-0.2, -0.15) is 10.1 Å². The Kier molecular flexibility index (Phi) is 7.47. The Morgan fingerprint density at radius 2 is 1.79 bits per heavy atom. The predicted molar refractivity (Wildman–Crippen MR) is 143 cm³/mol. The van der Waals surface area contributed by atoms with Crippen molar-refractivity contribution in [3.05, 3.63) is 59.6 Å². The summed E-state index contributed by atoms with van der Waals surface area (Å²) in [5, 5.41) is 10.6. The fourth-order valence-corrected chi connectivity index (χ4v) is 3.97. The first kappa shape index (κ1) is 23.8. The number of nitrogens with zero attached hydrogens (tertiary/aromatic N) is 6. The number of guanidine groups is 1. The number of hydrogen-bond acceptors (Lipinski definition) is 7. The van der Waals surface area contributed by atoms with E-state index in [9.17, 15) is 0 Å². The van der Waals surface area contributed by atoms with Gasteiger partial charge in [-0.1, -0.05) is 25.1 Å². The second kappa shape index (κ2) is 10.7. The smallest absolute Gasteiger partial charge is 0.230 e. The van der Waals surface area contributed by atoms with Crippen molar-refractivity contribution in [2.45, 2.75) is 20.3 Å². The number of H-pyrrole nitrogens is 1. The van der Waals surface area contributed by atoms with Crippen molar-refractivity contribution in [2.75, 3.05) is 57.5 Å². The Hall–Kier alpha value is -3.39. The average molecular weight is 461 g/mol. The number of aromatic amines is 1. The first-order valence-electron chi connectivity index (χ1n) is 11.9. The average Bonchev–Trinajstić information content (AvgIpc) is 3.23. The van der Waals surface area contributed by atoms with Crippen LogP contribution in [0.1, 0.15) is 24.6 Å². The van der Waals surface area contributed by atoms with E-state index in [1.165, 1.54) is 5.69 Å². The molecular weight excluding hydrogens is 424 g/mol. The van der Waals surface area contributed by atoms with Gasteiger partial charge in [0.05, 0.1) is 0 Å². The maximum absolute atomic E-state index is 4.97. The zero-order valence-electron chi connectivity index (χ0n) is 20.9. The number of nitrogens with one attached hydrogen (secondary N) is 2. The molecule has 0 radical (unpaired) electrons. The second-order valence-corrected chi connectivity index (χ2v) is 9.34. The van der Waals surface area contributed by atoms with E-state index in [2.05, 4.69) is 101 Å². The van der Waals surface area contributed by atoms with E-state index in [1.807, 2.05) is 13.0 Å². The molecule has 2 aliphatic heterocycles. The summed E-state index contributed by atoms with van der Waals surface area (Å²) in [5.41, 5.74) is 4.31. The normalized spacial score (nSPS) is 21.4. The maximum Gasteiger partial charge on any atom is 0.230 e. The molecule has 1 atom stereocenters. The highest BCUT2D eigenvalue weighted by Gasteiger charge is 2.20. The van der Waals surface area contributed by atoms with Crippen LogP contribution in [-0.2, 0) is 0 Å². The molecule has 180 valence electrons.